The second kappa shape index (κ2) is 9.83. The maximum Gasteiger partial charge on any atom is 0.306 e. The second-order valence-corrected chi connectivity index (χ2v) is 11.4. The molecule has 0 unspecified atom stereocenters. The number of alkyl halides is 2. The number of unbranched alkanes of at least 4 members (excludes halogenated alkanes) is 1. The smallest absolute Gasteiger partial charge is 0.306 e. The van der Waals surface area contributed by atoms with Gasteiger partial charge in [0.1, 0.15) is 12.8 Å². The van der Waals surface area contributed by atoms with Crippen molar-refractivity contribution in [3.63, 3.8) is 0 Å². The van der Waals surface area contributed by atoms with Crippen LogP contribution in [0.2, 0.25) is 0 Å². The van der Waals surface area contributed by atoms with E-state index in [0.717, 1.165) is 6.42 Å². The van der Waals surface area contributed by atoms with Crippen LogP contribution in [0.5, 0.6) is 0 Å². The summed E-state index contributed by atoms with van der Waals surface area (Å²) in [4.78, 5) is 37.1. The fraction of sp³-hybridized carbons (Fsp3) is 0.741. The van der Waals surface area contributed by atoms with Crippen molar-refractivity contribution < 1.29 is 50.1 Å². The zero-order valence-corrected chi connectivity index (χ0v) is 21.9. The Hall–Kier alpha value is -1.37. The van der Waals surface area contributed by atoms with Crippen molar-refractivity contribution in [2.24, 2.45) is 34.5 Å². The number of ether oxygens (including phenoxy) is 1. The molecule has 4 aliphatic carbocycles. The zero-order chi connectivity index (χ0) is 25.1. The molecule has 5 nitrogen and oxygen atoms in total. The molecule has 0 heterocycles. The van der Waals surface area contributed by atoms with Crippen LogP contribution in [0, 0.1) is 34.5 Å². The Bertz CT molecular complexity index is 950. The molecule has 3 fully saturated rings. The minimum absolute atomic E-state index is 0. The Kier molecular flexibility index (Phi) is 7.92. The number of halogens is 2. The summed E-state index contributed by atoms with van der Waals surface area (Å²) in [5.41, 5.74) is -4.21. The zero-order valence-electron chi connectivity index (χ0n) is 20.8. The van der Waals surface area contributed by atoms with Crippen LogP contribution in [0.4, 0.5) is 8.78 Å². The van der Waals surface area contributed by atoms with Gasteiger partial charge >= 0.3 is 5.97 Å². The van der Waals surface area contributed by atoms with Gasteiger partial charge in [0, 0.05) is 40.7 Å². The largest absolute Gasteiger partial charge is 0.458 e. The van der Waals surface area contributed by atoms with E-state index in [-0.39, 0.29) is 71.9 Å². The SMILES string of the molecule is CCCCC(=O)OCC(=O)[C@H]1[C@H](C)C[C@H]2[C@@H]3C[C@H](F)C4=CC(=O)C=C[C@]4(C)[C@@]3(F)[C@@H](O)C[C@@]21C.[Fe]. The number of aliphatic hydroxyl groups excluding tert-OH is 1. The van der Waals surface area contributed by atoms with Gasteiger partial charge in [-0.3, -0.25) is 14.4 Å². The molecule has 3 saturated carbocycles. The third-order valence-corrected chi connectivity index (χ3v) is 9.43. The van der Waals surface area contributed by atoms with Gasteiger partial charge in [0.05, 0.1) is 6.10 Å². The molecule has 0 amide bonds. The summed E-state index contributed by atoms with van der Waals surface area (Å²) >= 11 is 0. The van der Waals surface area contributed by atoms with E-state index >= 15 is 8.78 Å². The molecule has 8 heteroatoms. The Morgan fingerprint density at radius 3 is 2.57 bits per heavy atom. The third kappa shape index (κ3) is 4.17. The quantitative estimate of drug-likeness (QED) is 0.402. The predicted molar refractivity (Wildman–Crippen MR) is 122 cm³/mol. The molecule has 4 aliphatic rings. The summed E-state index contributed by atoms with van der Waals surface area (Å²) in [6.45, 7) is 7.03. The van der Waals surface area contributed by atoms with Crippen molar-refractivity contribution in [2.75, 3.05) is 6.61 Å². The van der Waals surface area contributed by atoms with Crippen LogP contribution >= 0.6 is 0 Å². The van der Waals surface area contributed by atoms with Gasteiger partial charge < -0.3 is 9.84 Å². The van der Waals surface area contributed by atoms with Gasteiger partial charge in [-0.15, -0.1) is 0 Å². The van der Waals surface area contributed by atoms with Crippen LogP contribution < -0.4 is 0 Å². The maximum absolute atomic E-state index is 17.1. The van der Waals surface area contributed by atoms with Gasteiger partial charge in [0.25, 0.3) is 0 Å². The van der Waals surface area contributed by atoms with E-state index in [2.05, 4.69) is 0 Å². The number of esters is 1. The maximum atomic E-state index is 17.1. The number of carbonyl (C=O) groups excluding carboxylic acids is 3. The van der Waals surface area contributed by atoms with E-state index in [1.807, 2.05) is 20.8 Å². The monoisotopic (exact) mass is 534 g/mol. The fourth-order valence-electron chi connectivity index (χ4n) is 7.89. The first-order valence-electron chi connectivity index (χ1n) is 12.5. The minimum Gasteiger partial charge on any atom is -0.458 e. The predicted octanol–water partition coefficient (Wildman–Crippen LogP) is 4.47. The molecule has 0 radical (unpaired) electrons. The normalized spacial score (nSPS) is 43.9. The van der Waals surface area contributed by atoms with Crippen molar-refractivity contribution in [2.45, 2.75) is 84.2 Å². The molecule has 4 rings (SSSR count). The summed E-state index contributed by atoms with van der Waals surface area (Å²) in [5.74, 6) is -2.75. The first-order valence-corrected chi connectivity index (χ1v) is 12.5. The second-order valence-electron chi connectivity index (χ2n) is 11.4. The van der Waals surface area contributed by atoms with Gasteiger partial charge in [0.15, 0.2) is 17.2 Å². The molecule has 35 heavy (non-hydrogen) atoms. The number of allylic oxidation sites excluding steroid dienone is 4. The van der Waals surface area contributed by atoms with Gasteiger partial charge in [0.2, 0.25) is 0 Å². The van der Waals surface area contributed by atoms with Crippen LogP contribution in [0.1, 0.15) is 66.2 Å². The average molecular weight is 534 g/mol. The molecule has 0 bridgehead atoms. The summed E-state index contributed by atoms with van der Waals surface area (Å²) in [5, 5.41) is 11.3. The van der Waals surface area contributed by atoms with E-state index in [9.17, 15) is 19.5 Å². The van der Waals surface area contributed by atoms with Crippen molar-refractivity contribution in [3.8, 4) is 0 Å². The molecule has 0 spiro atoms. The third-order valence-electron chi connectivity index (χ3n) is 9.43. The van der Waals surface area contributed by atoms with E-state index in [0.29, 0.717) is 12.8 Å². The van der Waals surface area contributed by atoms with Crippen molar-refractivity contribution in [3.05, 3.63) is 23.8 Å². The van der Waals surface area contributed by atoms with Gasteiger partial charge in [-0.1, -0.05) is 33.3 Å². The molecular weight excluding hydrogens is 498 g/mol. The number of ketones is 2. The van der Waals surface area contributed by atoms with E-state index < -0.39 is 46.6 Å². The first kappa shape index (κ1) is 28.2. The van der Waals surface area contributed by atoms with E-state index in [4.69, 9.17) is 4.74 Å². The molecule has 0 saturated heterocycles. The Morgan fingerprint density at radius 2 is 1.91 bits per heavy atom. The Morgan fingerprint density at radius 1 is 1.23 bits per heavy atom. The topological polar surface area (TPSA) is 80.7 Å². The number of fused-ring (bicyclic) bond motifs is 5. The van der Waals surface area contributed by atoms with Gasteiger partial charge in [-0.05, 0) is 67.6 Å². The Labute approximate surface area is 216 Å². The van der Waals surface area contributed by atoms with Gasteiger partial charge in [-0.2, -0.15) is 0 Å². The minimum atomic E-state index is -2.15. The summed E-state index contributed by atoms with van der Waals surface area (Å²) in [6.07, 6.45) is 3.20. The average Bonchev–Trinajstić information content (AvgIpc) is 3.03. The van der Waals surface area contributed by atoms with E-state index in [1.165, 1.54) is 18.2 Å². The van der Waals surface area contributed by atoms with Crippen molar-refractivity contribution >= 4 is 17.5 Å². The number of hydrogen-bond donors (Lipinski definition) is 1. The van der Waals surface area contributed by atoms with Crippen LogP contribution in [0.3, 0.4) is 0 Å². The molecule has 9 atom stereocenters. The van der Waals surface area contributed by atoms with Crippen LogP contribution in [-0.4, -0.2) is 47.2 Å². The number of hydrogen-bond acceptors (Lipinski definition) is 5. The van der Waals surface area contributed by atoms with E-state index in [1.54, 1.807) is 6.92 Å². The summed E-state index contributed by atoms with van der Waals surface area (Å²) < 4.78 is 37.7. The molecule has 0 aromatic rings. The molecule has 0 aromatic heterocycles. The van der Waals surface area contributed by atoms with Crippen molar-refractivity contribution in [1.82, 2.24) is 0 Å². The number of Topliss-reactive ketones (excluding diaryl/α,β-unsaturated/α-hetero) is 1. The molecule has 196 valence electrons. The number of rotatable bonds is 6. The standard InChI is InChI=1S/C27H36F2O5.Fe/c1-5-6-7-23(33)34-14-21(31)24-15(2)10-17-18-12-20(28)19-11-16(30)8-9-26(19,4)27(18,29)22(32)13-25(17,24)3;/h8-9,11,15,17-18,20,22,24,32H,5-7,10,12-14H2,1-4H3;/t15-,17+,18+,20+,22+,24-,25+,26+,27+;/m1./s1. The fourth-order valence-corrected chi connectivity index (χ4v) is 7.89. The van der Waals surface area contributed by atoms with Crippen molar-refractivity contribution in [1.29, 1.82) is 0 Å². The van der Waals surface area contributed by atoms with Crippen LogP contribution in [0.15, 0.2) is 23.8 Å². The molecular formula is C27H36F2FeO5. The molecule has 0 aromatic carbocycles. The summed E-state index contributed by atoms with van der Waals surface area (Å²) in [6, 6.07) is 0. The first-order chi connectivity index (χ1) is 15.9. The van der Waals surface area contributed by atoms with Crippen LogP contribution in [-0.2, 0) is 36.2 Å². The molecule has 1 N–H and O–H groups in total. The Balaban J connectivity index is 0.00000342. The van der Waals surface area contributed by atoms with Gasteiger partial charge in [-0.25, -0.2) is 8.78 Å². The number of aliphatic hydroxyl groups is 1. The number of carbonyl (C=O) groups is 3. The van der Waals surface area contributed by atoms with Crippen LogP contribution in [0.25, 0.3) is 0 Å². The summed E-state index contributed by atoms with van der Waals surface area (Å²) in [7, 11) is 0. The molecule has 0 aliphatic heterocycles.